The number of anilines is 1. The number of benzene rings is 3. The number of carbonyl (C=O) groups excluding carboxylic acids is 2. The third-order valence-corrected chi connectivity index (χ3v) is 4.64. The molecule has 3 rings (SSSR count). The Morgan fingerprint density at radius 2 is 1.83 bits per heavy atom. The number of ether oxygens (including phenoxy) is 1. The van der Waals surface area contributed by atoms with E-state index in [4.69, 9.17) is 4.74 Å². The molecule has 0 aliphatic heterocycles. The first-order valence-corrected chi connectivity index (χ1v) is 9.98. The molecule has 0 unspecified atom stereocenters. The van der Waals surface area contributed by atoms with Gasteiger partial charge in [0.15, 0.2) is 0 Å². The second-order valence-corrected chi connectivity index (χ2v) is 7.28. The van der Waals surface area contributed by atoms with Crippen LogP contribution in [0.5, 0.6) is 5.75 Å². The summed E-state index contributed by atoms with van der Waals surface area (Å²) in [5.74, 6) is 0.141. The molecule has 0 aromatic heterocycles. The van der Waals surface area contributed by atoms with Gasteiger partial charge in [-0.2, -0.15) is 5.10 Å². The second kappa shape index (κ2) is 10.4. The quantitative estimate of drug-likeness (QED) is 0.390. The smallest absolute Gasteiger partial charge is 0.271 e. The Morgan fingerprint density at radius 1 is 1.03 bits per heavy atom. The summed E-state index contributed by atoms with van der Waals surface area (Å²) in [6.07, 6.45) is 1.54. The van der Waals surface area contributed by atoms with Gasteiger partial charge in [-0.25, -0.2) is 5.43 Å². The lowest BCUT2D eigenvalue weighted by atomic mass is 10.2. The summed E-state index contributed by atoms with van der Waals surface area (Å²) in [5, 5.41) is 6.64. The SMILES string of the molecule is CC(=O)Nc1cccc(C(=O)N/N=C\c2ccc(OCc3ccccc3)c(Br)c2)c1. The van der Waals surface area contributed by atoms with Crippen LogP contribution in [0, 0.1) is 0 Å². The molecule has 7 heteroatoms. The van der Waals surface area contributed by atoms with Crippen molar-refractivity contribution in [1.29, 1.82) is 0 Å². The molecule has 0 atom stereocenters. The molecule has 2 N–H and O–H groups in total. The Hall–Kier alpha value is -3.45. The van der Waals surface area contributed by atoms with Crippen LogP contribution in [0.15, 0.2) is 82.4 Å². The van der Waals surface area contributed by atoms with Crippen molar-refractivity contribution in [3.8, 4) is 5.75 Å². The zero-order valence-electron chi connectivity index (χ0n) is 16.3. The molecular weight excluding hydrogens is 446 g/mol. The molecule has 6 nitrogen and oxygen atoms in total. The Morgan fingerprint density at radius 3 is 2.57 bits per heavy atom. The lowest BCUT2D eigenvalue weighted by Gasteiger charge is -2.09. The van der Waals surface area contributed by atoms with Crippen molar-refractivity contribution < 1.29 is 14.3 Å². The predicted molar refractivity (Wildman–Crippen MR) is 121 cm³/mol. The minimum Gasteiger partial charge on any atom is -0.488 e. The van der Waals surface area contributed by atoms with E-state index < -0.39 is 0 Å². The van der Waals surface area contributed by atoms with Crippen LogP contribution in [0.3, 0.4) is 0 Å². The van der Waals surface area contributed by atoms with Crippen LogP contribution in [0.4, 0.5) is 5.69 Å². The summed E-state index contributed by atoms with van der Waals surface area (Å²) in [7, 11) is 0. The predicted octanol–water partition coefficient (Wildman–Crippen LogP) is 4.75. The molecule has 0 fully saturated rings. The van der Waals surface area contributed by atoms with Gasteiger partial charge in [0.05, 0.1) is 10.7 Å². The van der Waals surface area contributed by atoms with E-state index in [0.717, 1.165) is 21.3 Å². The second-order valence-electron chi connectivity index (χ2n) is 6.43. The summed E-state index contributed by atoms with van der Waals surface area (Å²) in [6, 6.07) is 22.1. The summed E-state index contributed by atoms with van der Waals surface area (Å²) < 4.78 is 6.61. The van der Waals surface area contributed by atoms with Crippen molar-refractivity contribution in [2.24, 2.45) is 5.10 Å². The van der Waals surface area contributed by atoms with Crippen LogP contribution in [0.1, 0.15) is 28.4 Å². The highest BCUT2D eigenvalue weighted by Crippen LogP contribution is 2.26. The van der Waals surface area contributed by atoms with Gasteiger partial charge in [0, 0.05) is 18.2 Å². The Kier molecular flexibility index (Phi) is 7.34. The first kappa shape index (κ1) is 21.3. The average Bonchev–Trinajstić information content (AvgIpc) is 2.73. The van der Waals surface area contributed by atoms with Crippen LogP contribution in [0.25, 0.3) is 0 Å². The number of halogens is 1. The van der Waals surface area contributed by atoms with Crippen molar-refractivity contribution in [3.05, 3.63) is 94.0 Å². The number of nitrogens with one attached hydrogen (secondary N) is 2. The van der Waals surface area contributed by atoms with Gasteiger partial charge < -0.3 is 10.1 Å². The molecule has 2 amide bonds. The maximum atomic E-state index is 12.2. The van der Waals surface area contributed by atoms with Crippen molar-refractivity contribution in [3.63, 3.8) is 0 Å². The average molecular weight is 466 g/mol. The zero-order chi connectivity index (χ0) is 21.3. The van der Waals surface area contributed by atoms with E-state index in [1.807, 2.05) is 48.5 Å². The zero-order valence-corrected chi connectivity index (χ0v) is 17.8. The van der Waals surface area contributed by atoms with Crippen molar-refractivity contribution in [1.82, 2.24) is 5.43 Å². The number of amides is 2. The van der Waals surface area contributed by atoms with E-state index in [0.29, 0.717) is 17.9 Å². The van der Waals surface area contributed by atoms with Gasteiger partial charge in [0.25, 0.3) is 5.91 Å². The van der Waals surface area contributed by atoms with Gasteiger partial charge in [-0.1, -0.05) is 36.4 Å². The highest BCUT2D eigenvalue weighted by atomic mass is 79.9. The number of hydrazone groups is 1. The van der Waals surface area contributed by atoms with Gasteiger partial charge >= 0.3 is 0 Å². The fourth-order valence-electron chi connectivity index (χ4n) is 2.62. The molecular formula is C23H20BrN3O3. The number of carbonyl (C=O) groups is 2. The van der Waals surface area contributed by atoms with Gasteiger partial charge in [-0.15, -0.1) is 0 Å². The molecule has 3 aromatic carbocycles. The summed E-state index contributed by atoms with van der Waals surface area (Å²) in [5.41, 5.74) is 5.30. The van der Waals surface area contributed by atoms with Crippen LogP contribution < -0.4 is 15.5 Å². The number of hydrogen-bond acceptors (Lipinski definition) is 4. The van der Waals surface area contributed by atoms with E-state index >= 15 is 0 Å². The van der Waals surface area contributed by atoms with E-state index in [-0.39, 0.29) is 11.8 Å². The fraction of sp³-hybridized carbons (Fsp3) is 0.0870. The largest absolute Gasteiger partial charge is 0.488 e. The van der Waals surface area contributed by atoms with Crippen LogP contribution in [0.2, 0.25) is 0 Å². The lowest BCUT2D eigenvalue weighted by molar-refractivity contribution is -0.114. The van der Waals surface area contributed by atoms with Crippen molar-refractivity contribution in [2.45, 2.75) is 13.5 Å². The summed E-state index contributed by atoms with van der Waals surface area (Å²) in [6.45, 7) is 1.88. The summed E-state index contributed by atoms with van der Waals surface area (Å²) >= 11 is 3.50. The van der Waals surface area contributed by atoms with E-state index in [1.54, 1.807) is 30.5 Å². The maximum absolute atomic E-state index is 12.2. The molecule has 0 bridgehead atoms. The fourth-order valence-corrected chi connectivity index (χ4v) is 3.13. The van der Waals surface area contributed by atoms with Gasteiger partial charge in [0.1, 0.15) is 12.4 Å². The van der Waals surface area contributed by atoms with Crippen LogP contribution >= 0.6 is 15.9 Å². The Balaban J connectivity index is 1.57. The first-order valence-electron chi connectivity index (χ1n) is 9.18. The van der Waals surface area contributed by atoms with E-state index in [1.165, 1.54) is 6.92 Å². The molecule has 0 aliphatic carbocycles. The van der Waals surface area contributed by atoms with Gasteiger partial charge in [-0.3, -0.25) is 9.59 Å². The maximum Gasteiger partial charge on any atom is 0.271 e. The highest BCUT2D eigenvalue weighted by Gasteiger charge is 2.06. The molecule has 0 saturated heterocycles. The molecule has 0 radical (unpaired) electrons. The Labute approximate surface area is 183 Å². The monoisotopic (exact) mass is 465 g/mol. The molecule has 152 valence electrons. The third-order valence-electron chi connectivity index (χ3n) is 4.02. The van der Waals surface area contributed by atoms with Crippen LogP contribution in [-0.4, -0.2) is 18.0 Å². The molecule has 0 spiro atoms. The standard InChI is InChI=1S/C23H20BrN3O3/c1-16(28)26-20-9-5-8-19(13-20)23(29)27-25-14-18-10-11-22(21(24)12-18)30-15-17-6-3-2-4-7-17/h2-14H,15H2,1H3,(H,26,28)(H,27,29)/b25-14-. The molecule has 30 heavy (non-hydrogen) atoms. The number of hydrogen-bond donors (Lipinski definition) is 2. The van der Waals surface area contributed by atoms with E-state index in [2.05, 4.69) is 31.8 Å². The molecule has 3 aromatic rings. The highest BCUT2D eigenvalue weighted by molar-refractivity contribution is 9.10. The van der Waals surface area contributed by atoms with E-state index in [9.17, 15) is 9.59 Å². The Bertz CT molecular complexity index is 1070. The minimum absolute atomic E-state index is 0.202. The van der Waals surface area contributed by atoms with Gasteiger partial charge in [0.2, 0.25) is 5.91 Å². The third kappa shape index (κ3) is 6.28. The summed E-state index contributed by atoms with van der Waals surface area (Å²) in [4.78, 5) is 23.4. The molecule has 0 aliphatic rings. The lowest BCUT2D eigenvalue weighted by Crippen LogP contribution is -2.18. The number of rotatable bonds is 7. The van der Waals surface area contributed by atoms with Crippen molar-refractivity contribution >= 4 is 39.6 Å². The minimum atomic E-state index is -0.375. The van der Waals surface area contributed by atoms with Gasteiger partial charge in [-0.05, 0) is 63.5 Å². The van der Waals surface area contributed by atoms with Crippen LogP contribution in [-0.2, 0) is 11.4 Å². The number of nitrogens with zero attached hydrogens (tertiary/aromatic N) is 1. The topological polar surface area (TPSA) is 79.8 Å². The molecule has 0 heterocycles. The normalized spacial score (nSPS) is 10.6. The molecule has 0 saturated carbocycles. The first-order chi connectivity index (χ1) is 14.5. The van der Waals surface area contributed by atoms with Crippen molar-refractivity contribution in [2.75, 3.05) is 5.32 Å².